The molecular formula is C22H33IN4O3S. The lowest BCUT2D eigenvalue weighted by Gasteiger charge is -2.16. The van der Waals surface area contributed by atoms with E-state index in [2.05, 4.69) is 15.6 Å². The van der Waals surface area contributed by atoms with Crippen LogP contribution in [0.5, 0.6) is 17.2 Å². The number of thiazole rings is 1. The van der Waals surface area contributed by atoms with E-state index in [0.29, 0.717) is 23.8 Å². The van der Waals surface area contributed by atoms with Gasteiger partial charge in [-0.1, -0.05) is 0 Å². The molecule has 1 aliphatic rings. The molecule has 2 N–H and O–H groups in total. The Morgan fingerprint density at radius 3 is 2.39 bits per heavy atom. The van der Waals surface area contributed by atoms with E-state index in [0.717, 1.165) is 37.3 Å². The van der Waals surface area contributed by atoms with Crippen LogP contribution in [0.4, 0.5) is 0 Å². The number of guanidine groups is 1. The van der Waals surface area contributed by atoms with Crippen LogP contribution < -0.4 is 24.8 Å². The van der Waals surface area contributed by atoms with E-state index in [-0.39, 0.29) is 24.0 Å². The molecule has 1 aromatic heterocycles. The molecule has 0 unspecified atom stereocenters. The Hall–Kier alpha value is -1.75. The van der Waals surface area contributed by atoms with Crippen LogP contribution in [0.1, 0.15) is 40.4 Å². The molecule has 0 bridgehead atoms. The molecule has 31 heavy (non-hydrogen) atoms. The van der Waals surface area contributed by atoms with Crippen molar-refractivity contribution >= 4 is 41.3 Å². The van der Waals surface area contributed by atoms with E-state index in [1.807, 2.05) is 23.5 Å². The Bertz CT molecular complexity index is 824. The Labute approximate surface area is 206 Å². The number of ether oxygens (including phenoxy) is 3. The minimum absolute atomic E-state index is 0. The molecule has 0 amide bonds. The first-order valence-corrected chi connectivity index (χ1v) is 11.2. The van der Waals surface area contributed by atoms with Gasteiger partial charge < -0.3 is 24.8 Å². The molecule has 172 valence electrons. The summed E-state index contributed by atoms with van der Waals surface area (Å²) in [6.07, 6.45) is 6.99. The van der Waals surface area contributed by atoms with Crippen molar-refractivity contribution in [3.05, 3.63) is 33.3 Å². The van der Waals surface area contributed by atoms with Gasteiger partial charge in [0.1, 0.15) is 0 Å². The summed E-state index contributed by atoms with van der Waals surface area (Å²) >= 11 is 1.90. The lowest BCUT2D eigenvalue weighted by Crippen LogP contribution is -2.37. The SMILES string of the molecule is CN=C(NCCCc1nc2c(s1)CCCC2)NCc1cc(OC)c(OC)c(OC)c1.I. The van der Waals surface area contributed by atoms with Gasteiger partial charge in [0.05, 0.1) is 32.0 Å². The summed E-state index contributed by atoms with van der Waals surface area (Å²) in [6.45, 7) is 1.44. The first-order chi connectivity index (χ1) is 14.7. The van der Waals surface area contributed by atoms with Gasteiger partial charge in [0.15, 0.2) is 17.5 Å². The summed E-state index contributed by atoms with van der Waals surface area (Å²) in [6, 6.07) is 3.87. The molecule has 1 heterocycles. The largest absolute Gasteiger partial charge is 0.493 e. The lowest BCUT2D eigenvalue weighted by atomic mass is 10.0. The molecule has 9 heteroatoms. The topological polar surface area (TPSA) is 77.0 Å². The third-order valence-corrected chi connectivity index (χ3v) is 6.38. The average molecular weight is 561 g/mol. The molecule has 0 spiro atoms. The molecule has 1 aromatic carbocycles. The van der Waals surface area contributed by atoms with E-state index < -0.39 is 0 Å². The number of nitrogens with zero attached hydrogens (tertiary/aromatic N) is 2. The van der Waals surface area contributed by atoms with Crippen LogP contribution >= 0.6 is 35.3 Å². The molecular weight excluding hydrogens is 527 g/mol. The fourth-order valence-corrected chi connectivity index (χ4v) is 4.80. The van der Waals surface area contributed by atoms with Crippen molar-refractivity contribution in [2.24, 2.45) is 4.99 Å². The van der Waals surface area contributed by atoms with E-state index in [1.165, 1.54) is 34.8 Å². The number of rotatable bonds is 9. The van der Waals surface area contributed by atoms with E-state index in [4.69, 9.17) is 19.2 Å². The number of aryl methyl sites for hydroxylation is 3. The van der Waals surface area contributed by atoms with Crippen LogP contribution in [0.15, 0.2) is 17.1 Å². The van der Waals surface area contributed by atoms with Gasteiger partial charge in [0.25, 0.3) is 0 Å². The summed E-state index contributed by atoms with van der Waals surface area (Å²) in [4.78, 5) is 10.6. The fraction of sp³-hybridized carbons (Fsp3) is 0.545. The van der Waals surface area contributed by atoms with Crippen molar-refractivity contribution in [3.63, 3.8) is 0 Å². The average Bonchev–Trinajstić information content (AvgIpc) is 3.20. The predicted molar refractivity (Wildman–Crippen MR) is 137 cm³/mol. The molecule has 0 fully saturated rings. The van der Waals surface area contributed by atoms with E-state index >= 15 is 0 Å². The maximum atomic E-state index is 5.42. The van der Waals surface area contributed by atoms with Crippen LogP contribution in [0, 0.1) is 0 Å². The number of hydrogen-bond donors (Lipinski definition) is 2. The predicted octanol–water partition coefficient (Wildman–Crippen LogP) is 3.96. The molecule has 0 atom stereocenters. The molecule has 0 saturated heterocycles. The summed E-state index contributed by atoms with van der Waals surface area (Å²) in [7, 11) is 6.62. The first kappa shape index (κ1) is 25.5. The first-order valence-electron chi connectivity index (χ1n) is 10.4. The third kappa shape index (κ3) is 6.86. The molecule has 1 aliphatic carbocycles. The Morgan fingerprint density at radius 2 is 1.77 bits per heavy atom. The third-order valence-electron chi connectivity index (χ3n) is 5.16. The lowest BCUT2D eigenvalue weighted by molar-refractivity contribution is 0.323. The van der Waals surface area contributed by atoms with Crippen LogP contribution in [-0.4, -0.2) is 45.9 Å². The number of methoxy groups -OCH3 is 3. The van der Waals surface area contributed by atoms with Crippen LogP contribution in [0.2, 0.25) is 0 Å². The van der Waals surface area contributed by atoms with Crippen LogP contribution in [-0.2, 0) is 25.8 Å². The number of fused-ring (bicyclic) bond motifs is 1. The highest BCUT2D eigenvalue weighted by Crippen LogP contribution is 2.38. The van der Waals surface area contributed by atoms with Gasteiger partial charge in [0, 0.05) is 31.4 Å². The number of benzene rings is 1. The highest BCUT2D eigenvalue weighted by atomic mass is 127. The standard InChI is InChI=1S/C22H32N4O3S.HI/c1-23-22(24-11-7-10-20-26-16-8-5-6-9-19(16)30-20)25-14-15-12-17(27-2)21(29-4)18(13-15)28-3;/h12-13H,5-11,14H2,1-4H3,(H2,23,24,25);1H. The quantitative estimate of drug-likeness (QED) is 0.209. The van der Waals surface area contributed by atoms with E-state index in [1.54, 1.807) is 28.4 Å². The van der Waals surface area contributed by atoms with Gasteiger partial charge in [-0.3, -0.25) is 4.99 Å². The van der Waals surface area contributed by atoms with Crippen molar-refractivity contribution in [1.29, 1.82) is 0 Å². The van der Waals surface area contributed by atoms with Crippen LogP contribution in [0.25, 0.3) is 0 Å². The van der Waals surface area contributed by atoms with E-state index in [9.17, 15) is 0 Å². The number of aromatic nitrogens is 1. The van der Waals surface area contributed by atoms with Crippen molar-refractivity contribution in [3.8, 4) is 17.2 Å². The number of aliphatic imine (C=N–C) groups is 1. The summed E-state index contributed by atoms with van der Waals surface area (Å²) in [5.74, 6) is 2.64. The van der Waals surface area contributed by atoms with Gasteiger partial charge in [-0.2, -0.15) is 0 Å². The van der Waals surface area contributed by atoms with Gasteiger partial charge in [0.2, 0.25) is 5.75 Å². The Balaban J connectivity index is 0.00000341. The van der Waals surface area contributed by atoms with Crippen molar-refractivity contribution in [2.45, 2.75) is 45.1 Å². The zero-order valence-corrected chi connectivity index (χ0v) is 21.9. The number of nitrogens with one attached hydrogen (secondary N) is 2. The molecule has 7 nitrogen and oxygen atoms in total. The second-order valence-corrected chi connectivity index (χ2v) is 8.34. The maximum Gasteiger partial charge on any atom is 0.203 e. The van der Waals surface area contributed by atoms with Crippen molar-refractivity contribution < 1.29 is 14.2 Å². The number of halogens is 1. The monoisotopic (exact) mass is 560 g/mol. The Morgan fingerprint density at radius 1 is 1.06 bits per heavy atom. The molecule has 0 saturated carbocycles. The van der Waals surface area contributed by atoms with Crippen molar-refractivity contribution in [1.82, 2.24) is 15.6 Å². The summed E-state index contributed by atoms with van der Waals surface area (Å²) in [5.41, 5.74) is 2.36. The molecule has 2 aromatic rings. The summed E-state index contributed by atoms with van der Waals surface area (Å²) in [5, 5.41) is 7.99. The van der Waals surface area contributed by atoms with Gasteiger partial charge in [-0.25, -0.2) is 4.98 Å². The second kappa shape index (κ2) is 12.9. The smallest absolute Gasteiger partial charge is 0.203 e. The maximum absolute atomic E-state index is 5.42. The van der Waals surface area contributed by atoms with Gasteiger partial charge in [-0.15, -0.1) is 35.3 Å². The fourth-order valence-electron chi connectivity index (χ4n) is 3.60. The van der Waals surface area contributed by atoms with Crippen molar-refractivity contribution in [2.75, 3.05) is 34.9 Å². The highest BCUT2D eigenvalue weighted by molar-refractivity contribution is 14.0. The normalized spacial score (nSPS) is 13.1. The minimum Gasteiger partial charge on any atom is -0.493 e. The van der Waals surface area contributed by atoms with Gasteiger partial charge >= 0.3 is 0 Å². The Kier molecular flexibility index (Phi) is 10.7. The summed E-state index contributed by atoms with van der Waals surface area (Å²) < 4.78 is 16.2. The molecule has 0 radical (unpaired) electrons. The number of hydrogen-bond acceptors (Lipinski definition) is 6. The second-order valence-electron chi connectivity index (χ2n) is 7.17. The molecule has 0 aliphatic heterocycles. The van der Waals surface area contributed by atoms with Gasteiger partial charge in [-0.05, 0) is 49.8 Å². The zero-order chi connectivity index (χ0) is 21.3. The molecule has 3 rings (SSSR count). The zero-order valence-electron chi connectivity index (χ0n) is 18.7. The highest BCUT2D eigenvalue weighted by Gasteiger charge is 2.15. The van der Waals surface area contributed by atoms with Crippen LogP contribution in [0.3, 0.4) is 0 Å². The minimum atomic E-state index is 0.